The molecule has 1 fully saturated rings. The number of nitrogens with zero attached hydrogens (tertiary/aromatic N) is 3. The van der Waals surface area contributed by atoms with Crippen molar-refractivity contribution in [3.63, 3.8) is 0 Å². The Kier molecular flexibility index (Phi) is 8.39. The van der Waals surface area contributed by atoms with Gasteiger partial charge in [0.05, 0.1) is 18.3 Å². The van der Waals surface area contributed by atoms with E-state index in [1.54, 1.807) is 22.0 Å². The van der Waals surface area contributed by atoms with Gasteiger partial charge in [-0.25, -0.2) is 14.8 Å². The molecule has 8 nitrogen and oxygen atoms in total. The van der Waals surface area contributed by atoms with Gasteiger partial charge in [-0.2, -0.15) is 0 Å². The molecule has 1 aliphatic carbocycles. The Morgan fingerprint density at radius 3 is 2.46 bits per heavy atom. The molecule has 1 aliphatic rings. The maximum absolute atomic E-state index is 13.7. The first-order valence-electron chi connectivity index (χ1n) is 12.4. The number of methoxy groups -OCH3 is 1. The second kappa shape index (κ2) is 11.5. The molecule has 0 bridgehead atoms. The molecule has 1 saturated carbocycles. The van der Waals surface area contributed by atoms with E-state index in [4.69, 9.17) is 4.74 Å². The van der Waals surface area contributed by atoms with Gasteiger partial charge in [0, 0.05) is 34.0 Å². The van der Waals surface area contributed by atoms with Gasteiger partial charge in [-0.05, 0) is 70.1 Å². The summed E-state index contributed by atoms with van der Waals surface area (Å²) in [6.07, 6.45) is 5.47. The number of anilines is 2. The van der Waals surface area contributed by atoms with Gasteiger partial charge < -0.3 is 15.0 Å². The van der Waals surface area contributed by atoms with Crippen LogP contribution in [-0.2, 0) is 9.53 Å². The summed E-state index contributed by atoms with van der Waals surface area (Å²) >= 11 is 2.63. The fraction of sp³-hybridized carbons (Fsp3) is 0.444. The summed E-state index contributed by atoms with van der Waals surface area (Å²) in [6.45, 7) is 8.02. The fourth-order valence-electron chi connectivity index (χ4n) is 4.63. The van der Waals surface area contributed by atoms with Crippen molar-refractivity contribution in [2.24, 2.45) is 11.8 Å². The third kappa shape index (κ3) is 5.91. The number of rotatable bonds is 7. The lowest BCUT2D eigenvalue weighted by Gasteiger charge is -2.33. The van der Waals surface area contributed by atoms with Crippen LogP contribution in [0.1, 0.15) is 72.2 Å². The first-order chi connectivity index (χ1) is 17.7. The van der Waals surface area contributed by atoms with Crippen LogP contribution in [-0.4, -0.2) is 40.9 Å². The van der Waals surface area contributed by atoms with Gasteiger partial charge in [-0.3, -0.25) is 9.59 Å². The maximum Gasteiger partial charge on any atom is 0.350 e. The molecule has 3 aromatic rings. The third-order valence-electron chi connectivity index (χ3n) is 6.72. The number of ether oxygens (including phenoxy) is 1. The minimum atomic E-state index is -0.473. The number of nitrogens with one attached hydrogen (secondary N) is 1. The Hall–Kier alpha value is -3.11. The first-order valence-corrected chi connectivity index (χ1v) is 14.2. The van der Waals surface area contributed by atoms with Crippen molar-refractivity contribution in [1.82, 2.24) is 9.97 Å². The monoisotopic (exact) mass is 540 g/mol. The molecule has 2 amide bonds. The lowest BCUT2D eigenvalue weighted by Crippen LogP contribution is -2.42. The van der Waals surface area contributed by atoms with Crippen molar-refractivity contribution in [2.45, 2.75) is 59.4 Å². The van der Waals surface area contributed by atoms with Crippen molar-refractivity contribution in [3.8, 4) is 10.4 Å². The van der Waals surface area contributed by atoms with Gasteiger partial charge in [0.15, 0.2) is 0 Å². The number of aromatic nitrogens is 2. The lowest BCUT2D eigenvalue weighted by atomic mass is 9.82. The van der Waals surface area contributed by atoms with E-state index in [0.29, 0.717) is 28.0 Å². The van der Waals surface area contributed by atoms with Crippen LogP contribution in [0.25, 0.3) is 10.4 Å². The zero-order chi connectivity index (χ0) is 26.7. The molecular formula is C27H32N4O4S2. The average Bonchev–Trinajstić information content (AvgIpc) is 3.56. The van der Waals surface area contributed by atoms with Crippen LogP contribution >= 0.6 is 22.7 Å². The van der Waals surface area contributed by atoms with E-state index in [1.807, 2.05) is 32.9 Å². The second-order valence-electron chi connectivity index (χ2n) is 9.79. The van der Waals surface area contributed by atoms with E-state index >= 15 is 0 Å². The van der Waals surface area contributed by atoms with Crippen molar-refractivity contribution >= 4 is 52.0 Å². The Balaban J connectivity index is 1.65. The van der Waals surface area contributed by atoms with Crippen molar-refractivity contribution in [2.75, 3.05) is 17.3 Å². The minimum absolute atomic E-state index is 0.0445. The Bertz CT molecular complexity index is 1280. The number of carbonyl (C=O) groups excluding carboxylic acids is 3. The highest BCUT2D eigenvalue weighted by Crippen LogP contribution is 2.40. The summed E-state index contributed by atoms with van der Waals surface area (Å²) in [5.74, 6) is 0.304. The molecule has 1 N–H and O–H groups in total. The van der Waals surface area contributed by atoms with Crippen molar-refractivity contribution in [1.29, 1.82) is 0 Å². The van der Waals surface area contributed by atoms with E-state index in [1.165, 1.54) is 29.8 Å². The molecule has 196 valence electrons. The van der Waals surface area contributed by atoms with Gasteiger partial charge in [0.1, 0.15) is 16.4 Å². The third-order valence-corrected chi connectivity index (χ3v) is 8.46. The highest BCUT2D eigenvalue weighted by molar-refractivity contribution is 7.18. The molecule has 4 rings (SSSR count). The number of aryl methyl sites for hydroxylation is 1. The molecule has 3 aromatic heterocycles. The van der Waals surface area contributed by atoms with Crippen LogP contribution in [0, 0.1) is 18.8 Å². The molecule has 0 radical (unpaired) electrons. The molecule has 0 saturated heterocycles. The van der Waals surface area contributed by atoms with Gasteiger partial charge in [0.25, 0.3) is 5.91 Å². The summed E-state index contributed by atoms with van der Waals surface area (Å²) in [5.41, 5.74) is 4.07. The highest BCUT2D eigenvalue weighted by Gasteiger charge is 2.33. The number of thiophene rings is 1. The molecule has 37 heavy (non-hydrogen) atoms. The van der Waals surface area contributed by atoms with Crippen LogP contribution in [0.3, 0.4) is 0 Å². The summed E-state index contributed by atoms with van der Waals surface area (Å²) in [5, 5.41) is 4.47. The maximum atomic E-state index is 13.7. The quantitative estimate of drug-likeness (QED) is 0.359. The van der Waals surface area contributed by atoms with E-state index in [2.05, 4.69) is 22.2 Å². The zero-order valence-corrected chi connectivity index (χ0v) is 23.4. The van der Waals surface area contributed by atoms with Crippen LogP contribution in [0.15, 0.2) is 29.2 Å². The number of carbonyl (C=O) groups is 3. The zero-order valence-electron chi connectivity index (χ0n) is 21.7. The summed E-state index contributed by atoms with van der Waals surface area (Å²) < 4.78 is 5.08. The largest absolute Gasteiger partial charge is 0.465 e. The average molecular weight is 541 g/mol. The van der Waals surface area contributed by atoms with Crippen LogP contribution in [0.4, 0.5) is 11.5 Å². The standard InChI is InChI=1S/C27H32N4O4S2/c1-15(2)31(26(33)18-8-6-16(3)7-9-18)21-11-22(37-23(21)27(34)35-5)19-10-17(4)24(28-12-19)30-25(32)20-13-36-14-29-20/h10-16,18H,6-9H2,1-5H3,(H,28,30,32). The van der Waals surface area contributed by atoms with Crippen LogP contribution in [0.5, 0.6) is 0 Å². The van der Waals surface area contributed by atoms with E-state index < -0.39 is 5.97 Å². The molecule has 0 aliphatic heterocycles. The smallest absolute Gasteiger partial charge is 0.350 e. The summed E-state index contributed by atoms with van der Waals surface area (Å²) in [4.78, 5) is 50.3. The van der Waals surface area contributed by atoms with Gasteiger partial charge in [0.2, 0.25) is 5.91 Å². The van der Waals surface area contributed by atoms with E-state index in [-0.39, 0.29) is 23.8 Å². The molecule has 0 unspecified atom stereocenters. The lowest BCUT2D eigenvalue weighted by molar-refractivity contribution is -0.123. The van der Waals surface area contributed by atoms with E-state index in [9.17, 15) is 14.4 Å². The van der Waals surface area contributed by atoms with E-state index in [0.717, 1.165) is 41.7 Å². The molecule has 0 aromatic carbocycles. The number of pyridine rings is 1. The second-order valence-corrected chi connectivity index (χ2v) is 11.6. The number of hydrogen-bond acceptors (Lipinski definition) is 8. The van der Waals surface area contributed by atoms with Gasteiger partial charge >= 0.3 is 5.97 Å². The molecule has 10 heteroatoms. The Morgan fingerprint density at radius 1 is 1.14 bits per heavy atom. The van der Waals surface area contributed by atoms with Crippen molar-refractivity contribution in [3.05, 3.63) is 45.4 Å². The van der Waals surface area contributed by atoms with Crippen LogP contribution in [0.2, 0.25) is 0 Å². The van der Waals surface area contributed by atoms with Crippen molar-refractivity contribution < 1.29 is 19.1 Å². The molecular weight excluding hydrogens is 508 g/mol. The molecule has 0 spiro atoms. The topological polar surface area (TPSA) is 101 Å². The van der Waals surface area contributed by atoms with Gasteiger partial charge in [-0.15, -0.1) is 22.7 Å². The Labute approximate surface area is 225 Å². The molecule has 0 atom stereocenters. The van der Waals surface area contributed by atoms with Gasteiger partial charge in [-0.1, -0.05) is 6.92 Å². The Morgan fingerprint density at radius 2 is 1.86 bits per heavy atom. The minimum Gasteiger partial charge on any atom is -0.465 e. The number of thiazole rings is 1. The molecule has 3 heterocycles. The number of hydrogen-bond donors (Lipinski definition) is 1. The summed E-state index contributed by atoms with van der Waals surface area (Å²) in [6, 6.07) is 3.66. The fourth-order valence-corrected chi connectivity index (χ4v) is 6.21. The predicted octanol–water partition coefficient (Wildman–Crippen LogP) is 6.18. The highest BCUT2D eigenvalue weighted by atomic mass is 32.1. The van der Waals surface area contributed by atoms with Crippen LogP contribution < -0.4 is 10.2 Å². The predicted molar refractivity (Wildman–Crippen MR) is 147 cm³/mol. The number of amides is 2. The SMILES string of the molecule is COC(=O)c1sc(-c2cnc(NC(=O)c3cscn3)c(C)c2)cc1N(C(=O)C1CCC(C)CC1)C(C)C. The normalized spacial score (nSPS) is 17.5. The number of esters is 1. The first kappa shape index (κ1) is 26.9. The summed E-state index contributed by atoms with van der Waals surface area (Å²) in [7, 11) is 1.35.